The van der Waals surface area contributed by atoms with Gasteiger partial charge in [-0.2, -0.15) is 5.10 Å². The number of fused-ring (bicyclic) bond motifs is 1. The van der Waals surface area contributed by atoms with Crippen LogP contribution in [0.3, 0.4) is 0 Å². The van der Waals surface area contributed by atoms with Gasteiger partial charge >= 0.3 is 0 Å². The monoisotopic (exact) mass is 268 g/mol. The Morgan fingerprint density at radius 2 is 2.00 bits per heavy atom. The number of para-hydroxylation sites is 1. The van der Waals surface area contributed by atoms with Gasteiger partial charge in [0.15, 0.2) is 0 Å². The molecule has 0 bridgehead atoms. The first-order valence-electron chi connectivity index (χ1n) is 7.12. The second kappa shape index (κ2) is 5.51. The van der Waals surface area contributed by atoms with E-state index < -0.39 is 0 Å². The summed E-state index contributed by atoms with van der Waals surface area (Å²) in [6.45, 7) is 4.49. The van der Waals surface area contributed by atoms with Gasteiger partial charge in [0.05, 0.1) is 17.8 Å². The Bertz CT molecular complexity index is 708. The minimum absolute atomic E-state index is 0.675. The highest BCUT2D eigenvalue weighted by atomic mass is 15.3. The largest absolute Gasteiger partial charge is 0.345 e. The van der Waals surface area contributed by atoms with Crippen LogP contribution in [-0.4, -0.2) is 20.9 Å². The zero-order valence-electron chi connectivity index (χ0n) is 11.8. The molecule has 0 unspecified atom stereocenters. The highest BCUT2D eigenvalue weighted by molar-refractivity contribution is 5.81. The minimum Gasteiger partial charge on any atom is -0.345 e. The van der Waals surface area contributed by atoms with E-state index in [1.54, 1.807) is 0 Å². The van der Waals surface area contributed by atoms with Crippen molar-refractivity contribution in [2.45, 2.75) is 26.4 Å². The predicted molar refractivity (Wildman–Crippen MR) is 81.7 cm³/mol. The maximum absolute atomic E-state index is 5.67. The van der Waals surface area contributed by atoms with Gasteiger partial charge in [-0.1, -0.05) is 18.2 Å². The minimum atomic E-state index is 0.675. The molecule has 0 aliphatic heterocycles. The summed E-state index contributed by atoms with van der Waals surface area (Å²) in [5.41, 5.74) is 9.26. The smallest absolute Gasteiger partial charge is 0.0900 e. The van der Waals surface area contributed by atoms with Gasteiger partial charge in [0, 0.05) is 23.8 Å². The average molecular weight is 268 g/mol. The van der Waals surface area contributed by atoms with Crippen LogP contribution in [0, 0.1) is 0 Å². The molecule has 4 nitrogen and oxygen atoms in total. The lowest BCUT2D eigenvalue weighted by atomic mass is 10.2. The van der Waals surface area contributed by atoms with Gasteiger partial charge in [-0.15, -0.1) is 0 Å². The molecule has 0 saturated heterocycles. The van der Waals surface area contributed by atoms with E-state index in [0.29, 0.717) is 6.54 Å². The van der Waals surface area contributed by atoms with E-state index in [1.165, 1.54) is 16.6 Å². The molecule has 4 heteroatoms. The third-order valence-corrected chi connectivity index (χ3v) is 3.68. The van der Waals surface area contributed by atoms with E-state index in [-0.39, 0.29) is 0 Å². The van der Waals surface area contributed by atoms with Crippen LogP contribution < -0.4 is 5.73 Å². The standard InChI is InChI=1S/C16H20N4/c1-2-20-16-8-4-3-7-14(16)15(18-20)12-19-11-5-6-13(19)9-10-17/h3-8,11H,2,9-10,12,17H2,1H3. The summed E-state index contributed by atoms with van der Waals surface area (Å²) in [6, 6.07) is 12.6. The van der Waals surface area contributed by atoms with Crippen molar-refractivity contribution in [3.8, 4) is 0 Å². The lowest BCUT2D eigenvalue weighted by Gasteiger charge is -2.06. The topological polar surface area (TPSA) is 48.8 Å². The summed E-state index contributed by atoms with van der Waals surface area (Å²) in [5, 5.41) is 5.99. The molecule has 20 heavy (non-hydrogen) atoms. The fraction of sp³-hybridized carbons (Fsp3) is 0.312. The molecule has 0 saturated carbocycles. The van der Waals surface area contributed by atoms with E-state index in [0.717, 1.165) is 25.2 Å². The number of nitrogens with two attached hydrogens (primary N) is 1. The van der Waals surface area contributed by atoms with Crippen LogP contribution in [0.4, 0.5) is 0 Å². The molecule has 0 atom stereocenters. The fourth-order valence-corrected chi connectivity index (χ4v) is 2.69. The lowest BCUT2D eigenvalue weighted by molar-refractivity contribution is 0.646. The average Bonchev–Trinajstić information content (AvgIpc) is 3.05. The summed E-state index contributed by atoms with van der Waals surface area (Å²) in [7, 11) is 0. The van der Waals surface area contributed by atoms with Crippen LogP contribution in [0.15, 0.2) is 42.6 Å². The molecule has 1 aromatic carbocycles. The fourth-order valence-electron chi connectivity index (χ4n) is 2.69. The van der Waals surface area contributed by atoms with E-state index in [1.807, 2.05) is 0 Å². The highest BCUT2D eigenvalue weighted by Gasteiger charge is 2.10. The molecule has 3 aromatic rings. The van der Waals surface area contributed by atoms with Crippen LogP contribution in [0.1, 0.15) is 18.3 Å². The molecule has 2 heterocycles. The van der Waals surface area contributed by atoms with E-state index in [4.69, 9.17) is 10.8 Å². The number of benzene rings is 1. The molecule has 2 aromatic heterocycles. The zero-order valence-corrected chi connectivity index (χ0v) is 11.8. The maximum Gasteiger partial charge on any atom is 0.0900 e. The van der Waals surface area contributed by atoms with Crippen molar-refractivity contribution in [2.75, 3.05) is 6.54 Å². The Balaban J connectivity index is 2.00. The van der Waals surface area contributed by atoms with Crippen LogP contribution >= 0.6 is 0 Å². The van der Waals surface area contributed by atoms with Crippen molar-refractivity contribution in [2.24, 2.45) is 5.73 Å². The normalized spacial score (nSPS) is 11.3. The van der Waals surface area contributed by atoms with Crippen molar-refractivity contribution in [1.82, 2.24) is 14.3 Å². The number of aryl methyl sites for hydroxylation is 1. The quantitative estimate of drug-likeness (QED) is 0.772. The molecule has 0 amide bonds. The zero-order chi connectivity index (χ0) is 13.9. The number of nitrogens with zero attached hydrogens (tertiary/aromatic N) is 3. The second-order valence-electron chi connectivity index (χ2n) is 4.95. The molecule has 0 aliphatic carbocycles. The van der Waals surface area contributed by atoms with Gasteiger partial charge in [0.1, 0.15) is 0 Å². The molecule has 104 valence electrons. The van der Waals surface area contributed by atoms with Gasteiger partial charge in [-0.3, -0.25) is 4.68 Å². The highest BCUT2D eigenvalue weighted by Crippen LogP contribution is 2.20. The van der Waals surface area contributed by atoms with Gasteiger partial charge in [-0.25, -0.2) is 0 Å². The lowest BCUT2D eigenvalue weighted by Crippen LogP contribution is -2.10. The van der Waals surface area contributed by atoms with Crippen LogP contribution in [-0.2, 0) is 19.5 Å². The maximum atomic E-state index is 5.67. The molecule has 0 radical (unpaired) electrons. The predicted octanol–water partition coefficient (Wildman–Crippen LogP) is 2.41. The van der Waals surface area contributed by atoms with Gasteiger partial charge < -0.3 is 10.3 Å². The third-order valence-electron chi connectivity index (χ3n) is 3.68. The van der Waals surface area contributed by atoms with Crippen molar-refractivity contribution >= 4 is 10.9 Å². The first kappa shape index (κ1) is 12.9. The number of hydrogen-bond acceptors (Lipinski definition) is 2. The van der Waals surface area contributed by atoms with Gasteiger partial charge in [0.2, 0.25) is 0 Å². The Morgan fingerprint density at radius 3 is 2.80 bits per heavy atom. The summed E-state index contributed by atoms with van der Waals surface area (Å²) in [4.78, 5) is 0. The third kappa shape index (κ3) is 2.23. The van der Waals surface area contributed by atoms with Crippen LogP contribution in [0.2, 0.25) is 0 Å². The molecular formula is C16H20N4. The Kier molecular flexibility index (Phi) is 3.56. The van der Waals surface area contributed by atoms with Crippen LogP contribution in [0.5, 0.6) is 0 Å². The molecule has 0 aliphatic rings. The van der Waals surface area contributed by atoms with Crippen molar-refractivity contribution < 1.29 is 0 Å². The number of aromatic nitrogens is 3. The molecule has 2 N–H and O–H groups in total. The summed E-state index contributed by atoms with van der Waals surface area (Å²) >= 11 is 0. The number of rotatable bonds is 5. The van der Waals surface area contributed by atoms with E-state index >= 15 is 0 Å². The first-order chi connectivity index (χ1) is 9.83. The van der Waals surface area contributed by atoms with Crippen LogP contribution in [0.25, 0.3) is 10.9 Å². The summed E-state index contributed by atoms with van der Waals surface area (Å²) in [5.74, 6) is 0. The number of hydrogen-bond donors (Lipinski definition) is 1. The molecular weight excluding hydrogens is 248 g/mol. The first-order valence-corrected chi connectivity index (χ1v) is 7.12. The van der Waals surface area contributed by atoms with Crippen molar-refractivity contribution in [3.05, 3.63) is 54.0 Å². The second-order valence-corrected chi connectivity index (χ2v) is 4.95. The Morgan fingerprint density at radius 1 is 1.15 bits per heavy atom. The van der Waals surface area contributed by atoms with Crippen molar-refractivity contribution in [1.29, 1.82) is 0 Å². The Hall–Kier alpha value is -2.07. The molecule has 0 fully saturated rings. The van der Waals surface area contributed by atoms with E-state index in [9.17, 15) is 0 Å². The van der Waals surface area contributed by atoms with Gasteiger partial charge in [-0.05, 0) is 38.1 Å². The van der Waals surface area contributed by atoms with Gasteiger partial charge in [0.25, 0.3) is 0 Å². The Labute approximate surface area is 118 Å². The summed E-state index contributed by atoms with van der Waals surface area (Å²) in [6.07, 6.45) is 3.00. The van der Waals surface area contributed by atoms with E-state index in [2.05, 4.69) is 58.8 Å². The molecule has 0 spiro atoms. The molecule has 3 rings (SSSR count). The van der Waals surface area contributed by atoms with Crippen molar-refractivity contribution in [3.63, 3.8) is 0 Å². The SMILES string of the molecule is CCn1nc(Cn2cccc2CCN)c2ccccc21. The summed E-state index contributed by atoms with van der Waals surface area (Å²) < 4.78 is 4.30.